The first-order valence-electron chi connectivity index (χ1n) is 6.10. The summed E-state index contributed by atoms with van der Waals surface area (Å²) < 4.78 is 0. The summed E-state index contributed by atoms with van der Waals surface area (Å²) in [7, 11) is 1.18. The van der Waals surface area contributed by atoms with E-state index in [0.29, 0.717) is 21.2 Å². The number of anilines is 2. The second-order valence-electron chi connectivity index (χ2n) is 4.66. The van der Waals surface area contributed by atoms with Crippen molar-refractivity contribution in [1.82, 2.24) is 9.80 Å². The van der Waals surface area contributed by atoms with Gasteiger partial charge in [-0.05, 0) is 24.6 Å². The highest BCUT2D eigenvalue weighted by molar-refractivity contribution is 6.44. The molecule has 5 amide bonds. The number of carbonyl (C=O) groups excluding carboxylic acids is 4. The molecule has 3 N–H and O–H groups in total. The smallest absolute Gasteiger partial charge is 0.334 e. The average Bonchev–Trinajstić information content (AvgIpc) is 2.61. The van der Waals surface area contributed by atoms with Gasteiger partial charge in [-0.25, -0.2) is 9.69 Å². The summed E-state index contributed by atoms with van der Waals surface area (Å²) >= 11 is 0. The lowest BCUT2D eigenvalue weighted by molar-refractivity contribution is -0.143. The molecule has 1 fully saturated rings. The summed E-state index contributed by atoms with van der Waals surface area (Å²) in [5.74, 6) is -2.55. The Kier molecular flexibility index (Phi) is 3.62. The van der Waals surface area contributed by atoms with E-state index in [2.05, 4.69) is 5.32 Å². The van der Waals surface area contributed by atoms with Crippen LogP contribution in [0.3, 0.4) is 0 Å². The van der Waals surface area contributed by atoms with Gasteiger partial charge in [-0.3, -0.25) is 19.3 Å². The van der Waals surface area contributed by atoms with Crippen LogP contribution in [0, 0.1) is 6.92 Å². The van der Waals surface area contributed by atoms with Crippen LogP contribution in [0.1, 0.15) is 5.56 Å². The third kappa shape index (κ3) is 2.69. The standard InChI is InChI=1S/C13H14N4O4/c1-7-3-4-8(14)5-9(7)15-10(18)6-17-12(20)11(19)16(2)13(17)21/h3-5H,6,14H2,1-2H3,(H,15,18). The molecule has 1 aromatic rings. The van der Waals surface area contributed by atoms with Gasteiger partial charge in [0.15, 0.2) is 0 Å². The molecule has 1 heterocycles. The Morgan fingerprint density at radius 3 is 2.48 bits per heavy atom. The van der Waals surface area contributed by atoms with E-state index < -0.39 is 30.3 Å². The molecule has 110 valence electrons. The number of urea groups is 1. The highest BCUT2D eigenvalue weighted by Crippen LogP contribution is 2.18. The number of carbonyl (C=O) groups is 4. The Hall–Kier alpha value is -2.90. The molecule has 0 radical (unpaired) electrons. The van der Waals surface area contributed by atoms with Gasteiger partial charge in [-0.15, -0.1) is 0 Å². The van der Waals surface area contributed by atoms with Crippen LogP contribution in [-0.4, -0.2) is 47.1 Å². The zero-order valence-corrected chi connectivity index (χ0v) is 11.5. The van der Waals surface area contributed by atoms with Crippen LogP contribution in [-0.2, 0) is 14.4 Å². The van der Waals surface area contributed by atoms with Crippen LogP contribution in [0.15, 0.2) is 18.2 Å². The minimum atomic E-state index is -1.01. The van der Waals surface area contributed by atoms with Crippen LogP contribution in [0.5, 0.6) is 0 Å². The number of rotatable bonds is 3. The maximum Gasteiger partial charge on any atom is 0.334 e. The Morgan fingerprint density at radius 1 is 1.24 bits per heavy atom. The van der Waals surface area contributed by atoms with Gasteiger partial charge in [0.1, 0.15) is 6.54 Å². The number of hydrogen-bond donors (Lipinski definition) is 2. The van der Waals surface area contributed by atoms with E-state index in [0.717, 1.165) is 5.56 Å². The topological polar surface area (TPSA) is 113 Å². The molecular weight excluding hydrogens is 276 g/mol. The Balaban J connectivity index is 2.09. The molecule has 1 aliphatic rings. The first-order chi connectivity index (χ1) is 9.81. The fourth-order valence-electron chi connectivity index (χ4n) is 1.86. The lowest BCUT2D eigenvalue weighted by atomic mass is 10.2. The van der Waals surface area contributed by atoms with E-state index in [-0.39, 0.29) is 0 Å². The maximum atomic E-state index is 11.9. The molecule has 0 spiro atoms. The number of likely N-dealkylation sites (N-methyl/N-ethyl adjacent to an activating group) is 1. The van der Waals surface area contributed by atoms with Crippen LogP contribution in [0.4, 0.5) is 16.2 Å². The zero-order chi connectivity index (χ0) is 15.7. The van der Waals surface area contributed by atoms with Gasteiger partial charge in [0.2, 0.25) is 5.91 Å². The van der Waals surface area contributed by atoms with Gasteiger partial charge >= 0.3 is 17.8 Å². The second-order valence-corrected chi connectivity index (χ2v) is 4.66. The predicted octanol–water partition coefficient (Wildman–Crippen LogP) is -0.0637. The monoisotopic (exact) mass is 290 g/mol. The molecule has 1 aliphatic heterocycles. The van der Waals surface area contributed by atoms with Gasteiger partial charge in [-0.2, -0.15) is 0 Å². The fraction of sp³-hybridized carbons (Fsp3) is 0.231. The van der Waals surface area contributed by atoms with Crippen molar-refractivity contribution in [1.29, 1.82) is 0 Å². The van der Waals surface area contributed by atoms with E-state index in [1.165, 1.54) is 7.05 Å². The Labute approximate surface area is 120 Å². The summed E-state index contributed by atoms with van der Waals surface area (Å²) in [5.41, 5.74) is 7.36. The molecule has 21 heavy (non-hydrogen) atoms. The fourth-order valence-corrected chi connectivity index (χ4v) is 1.86. The number of imide groups is 2. The second kappa shape index (κ2) is 5.23. The van der Waals surface area contributed by atoms with Crippen molar-refractivity contribution < 1.29 is 19.2 Å². The van der Waals surface area contributed by atoms with Gasteiger partial charge in [0, 0.05) is 18.4 Å². The van der Waals surface area contributed by atoms with Crippen molar-refractivity contribution in [2.45, 2.75) is 6.92 Å². The summed E-state index contributed by atoms with van der Waals surface area (Å²) in [6.07, 6.45) is 0. The first kappa shape index (κ1) is 14.5. The summed E-state index contributed by atoms with van der Waals surface area (Å²) in [6.45, 7) is 1.25. The van der Waals surface area contributed by atoms with Crippen LogP contribution in [0.25, 0.3) is 0 Å². The molecule has 8 nitrogen and oxygen atoms in total. The van der Waals surface area contributed by atoms with Crippen molar-refractivity contribution in [2.75, 3.05) is 24.6 Å². The molecule has 2 rings (SSSR count). The first-order valence-corrected chi connectivity index (χ1v) is 6.10. The molecule has 0 saturated carbocycles. The summed E-state index contributed by atoms with van der Waals surface area (Å²) in [4.78, 5) is 47.7. The molecule has 8 heteroatoms. The molecule has 0 aliphatic carbocycles. The lowest BCUT2D eigenvalue weighted by Crippen LogP contribution is -2.38. The van der Waals surface area contributed by atoms with Crippen molar-refractivity contribution in [3.63, 3.8) is 0 Å². The summed E-state index contributed by atoms with van der Waals surface area (Å²) in [5, 5.41) is 2.55. The number of benzene rings is 1. The van der Waals surface area contributed by atoms with Gasteiger partial charge in [0.05, 0.1) is 0 Å². The third-order valence-corrected chi connectivity index (χ3v) is 3.09. The quantitative estimate of drug-likeness (QED) is 0.460. The normalized spacial score (nSPS) is 14.9. The molecule has 0 bridgehead atoms. The minimum Gasteiger partial charge on any atom is -0.399 e. The number of amides is 5. The molecule has 0 unspecified atom stereocenters. The van der Waals surface area contributed by atoms with Crippen molar-refractivity contribution in [3.8, 4) is 0 Å². The van der Waals surface area contributed by atoms with E-state index >= 15 is 0 Å². The van der Waals surface area contributed by atoms with Crippen LogP contribution < -0.4 is 11.1 Å². The number of nitrogens with two attached hydrogens (primary N) is 1. The zero-order valence-electron chi connectivity index (χ0n) is 11.5. The van der Waals surface area contributed by atoms with Crippen LogP contribution >= 0.6 is 0 Å². The SMILES string of the molecule is Cc1ccc(N)cc1NC(=O)CN1C(=O)C(=O)N(C)C1=O. The molecular formula is C13H14N4O4. The highest BCUT2D eigenvalue weighted by Gasteiger charge is 2.42. The number of nitrogens with one attached hydrogen (secondary N) is 1. The molecule has 0 aromatic heterocycles. The van der Waals surface area contributed by atoms with E-state index in [4.69, 9.17) is 5.73 Å². The van der Waals surface area contributed by atoms with Crippen molar-refractivity contribution in [3.05, 3.63) is 23.8 Å². The Morgan fingerprint density at radius 2 is 1.90 bits per heavy atom. The molecule has 1 saturated heterocycles. The minimum absolute atomic E-state index is 0.471. The largest absolute Gasteiger partial charge is 0.399 e. The average molecular weight is 290 g/mol. The predicted molar refractivity (Wildman–Crippen MR) is 74.1 cm³/mol. The van der Waals surface area contributed by atoms with E-state index in [1.807, 2.05) is 0 Å². The highest BCUT2D eigenvalue weighted by atomic mass is 16.2. The summed E-state index contributed by atoms with van der Waals surface area (Å²) in [6, 6.07) is 4.17. The van der Waals surface area contributed by atoms with E-state index in [9.17, 15) is 19.2 Å². The number of hydrogen-bond acceptors (Lipinski definition) is 5. The van der Waals surface area contributed by atoms with Gasteiger partial charge in [-0.1, -0.05) is 6.07 Å². The number of aryl methyl sites for hydroxylation is 1. The lowest BCUT2D eigenvalue weighted by Gasteiger charge is -2.14. The van der Waals surface area contributed by atoms with Gasteiger partial charge in [0.25, 0.3) is 0 Å². The molecule has 1 aromatic carbocycles. The molecule has 0 atom stereocenters. The Bertz CT molecular complexity index is 656. The number of nitrogen functional groups attached to an aromatic ring is 1. The van der Waals surface area contributed by atoms with E-state index in [1.54, 1.807) is 25.1 Å². The van der Waals surface area contributed by atoms with Crippen molar-refractivity contribution in [2.24, 2.45) is 0 Å². The van der Waals surface area contributed by atoms with Gasteiger partial charge < -0.3 is 11.1 Å². The third-order valence-electron chi connectivity index (χ3n) is 3.09. The van der Waals surface area contributed by atoms with Crippen LogP contribution in [0.2, 0.25) is 0 Å². The number of nitrogens with zero attached hydrogens (tertiary/aromatic N) is 2. The maximum absolute atomic E-state index is 11.9. The van der Waals surface area contributed by atoms with Crippen molar-refractivity contribution >= 4 is 35.1 Å².